The third kappa shape index (κ3) is 5.90. The van der Waals surface area contributed by atoms with Gasteiger partial charge in [-0.1, -0.05) is 29.8 Å². The van der Waals surface area contributed by atoms with Crippen LogP contribution in [0.15, 0.2) is 66.5 Å². The van der Waals surface area contributed by atoms with Gasteiger partial charge >= 0.3 is 6.03 Å². The predicted octanol–water partition coefficient (Wildman–Crippen LogP) is 4.72. The van der Waals surface area contributed by atoms with Gasteiger partial charge in [-0.25, -0.2) is 18.3 Å². The van der Waals surface area contributed by atoms with Crippen molar-refractivity contribution in [2.24, 2.45) is 18.9 Å². The number of hydrogen-bond acceptors (Lipinski definition) is 5. The van der Waals surface area contributed by atoms with Crippen molar-refractivity contribution in [2.45, 2.75) is 12.5 Å². The van der Waals surface area contributed by atoms with Crippen LogP contribution in [0.3, 0.4) is 0 Å². The number of benzene rings is 1. The van der Waals surface area contributed by atoms with E-state index in [4.69, 9.17) is 16.3 Å². The molecule has 39 heavy (non-hydrogen) atoms. The van der Waals surface area contributed by atoms with Crippen LogP contribution in [-0.4, -0.2) is 69.9 Å². The number of nitrogens with one attached hydrogen (secondary N) is 2. The summed E-state index contributed by atoms with van der Waals surface area (Å²) in [4.78, 5) is 15.5. The largest absolute Gasteiger partial charge is 0.383 e. The number of aryl methyl sites for hydroxylation is 1. The Balaban J connectivity index is 1.39. The zero-order valence-electron chi connectivity index (χ0n) is 21.7. The average molecular weight is 558 g/mol. The molecule has 2 aliphatic rings. The number of likely N-dealkylation sites (tertiary alicyclic amines) is 1. The minimum atomic E-state index is -0.855. The highest BCUT2D eigenvalue weighted by atomic mass is 35.5. The molecule has 1 unspecified atom stereocenters. The maximum atomic E-state index is 14.1. The lowest BCUT2D eigenvalue weighted by atomic mass is 9.83. The van der Waals surface area contributed by atoms with E-state index in [1.165, 1.54) is 12.2 Å². The van der Waals surface area contributed by atoms with E-state index < -0.39 is 17.7 Å². The Morgan fingerprint density at radius 3 is 2.69 bits per heavy atom. The van der Waals surface area contributed by atoms with Gasteiger partial charge in [-0.2, -0.15) is 10.2 Å². The number of methoxy groups -OCH3 is 1. The van der Waals surface area contributed by atoms with Gasteiger partial charge < -0.3 is 10.1 Å². The lowest BCUT2D eigenvalue weighted by molar-refractivity contribution is 0.157. The first-order valence-electron chi connectivity index (χ1n) is 12.7. The van der Waals surface area contributed by atoms with Crippen LogP contribution in [0.25, 0.3) is 16.9 Å². The molecule has 2 aromatic heterocycles. The quantitative estimate of drug-likeness (QED) is 0.418. The predicted molar refractivity (Wildman–Crippen MR) is 145 cm³/mol. The third-order valence-electron chi connectivity index (χ3n) is 7.12. The Kier molecular flexibility index (Phi) is 8.10. The van der Waals surface area contributed by atoms with Gasteiger partial charge in [0.2, 0.25) is 0 Å². The summed E-state index contributed by atoms with van der Waals surface area (Å²) in [7, 11) is 3.42. The first-order chi connectivity index (χ1) is 18.8. The molecule has 5 rings (SSSR count). The van der Waals surface area contributed by atoms with Crippen LogP contribution in [0.1, 0.15) is 6.42 Å². The Bertz CT molecular complexity index is 1390. The van der Waals surface area contributed by atoms with Crippen molar-refractivity contribution in [3.63, 3.8) is 0 Å². The molecule has 9 nitrogen and oxygen atoms in total. The average Bonchev–Trinajstić information content (AvgIpc) is 3.62. The maximum Gasteiger partial charge on any atom is 0.320 e. The topological polar surface area (TPSA) is 89.2 Å². The smallest absolute Gasteiger partial charge is 0.320 e. The summed E-state index contributed by atoms with van der Waals surface area (Å²) in [5.41, 5.74) is 1.90. The standard InChI is InChI=1S/C27H30ClF2N7O2/c1-35-14-18(13-31-35)25-24(28)26(37(34-25)19-6-4-3-5-7-19)33-27(38)32-23-16-36(10-11-39-2)15-20(23)17-8-9-21(29)22(30)12-17/h3-7,9,12-14,17,20,23H,8,10-11,15-16H2,1-2H3,(H2,32,33,38)/t17?,20-,23+/m0/s1. The molecule has 3 aromatic rings. The van der Waals surface area contributed by atoms with Gasteiger partial charge in [0.15, 0.2) is 17.5 Å². The van der Waals surface area contributed by atoms with E-state index in [2.05, 4.69) is 25.7 Å². The van der Waals surface area contributed by atoms with Crippen LogP contribution >= 0.6 is 11.6 Å². The number of aromatic nitrogens is 4. The zero-order valence-corrected chi connectivity index (χ0v) is 22.4. The molecule has 0 radical (unpaired) electrons. The number of rotatable bonds is 8. The molecule has 1 aromatic carbocycles. The van der Waals surface area contributed by atoms with E-state index in [1.54, 1.807) is 35.9 Å². The van der Waals surface area contributed by atoms with E-state index in [1.807, 2.05) is 30.3 Å². The first-order valence-corrected chi connectivity index (χ1v) is 13.1. The molecular weight excluding hydrogens is 528 g/mol. The molecule has 1 fully saturated rings. The Labute approximate surface area is 230 Å². The number of carbonyl (C=O) groups excluding carboxylic acids is 1. The summed E-state index contributed by atoms with van der Waals surface area (Å²) in [6.45, 7) is 2.35. The Hall–Kier alpha value is -3.54. The van der Waals surface area contributed by atoms with Gasteiger partial charge in [0, 0.05) is 51.6 Å². The Morgan fingerprint density at radius 1 is 1.21 bits per heavy atom. The second-order valence-corrected chi connectivity index (χ2v) is 10.1. The Morgan fingerprint density at radius 2 is 2.00 bits per heavy atom. The highest BCUT2D eigenvalue weighted by molar-refractivity contribution is 6.36. The molecule has 1 aliphatic carbocycles. The fourth-order valence-corrected chi connectivity index (χ4v) is 5.45. The fourth-order valence-electron chi connectivity index (χ4n) is 5.18. The van der Waals surface area contributed by atoms with Crippen molar-refractivity contribution in [3.8, 4) is 16.9 Å². The van der Waals surface area contributed by atoms with Crippen molar-refractivity contribution in [1.82, 2.24) is 29.8 Å². The van der Waals surface area contributed by atoms with Crippen molar-refractivity contribution in [2.75, 3.05) is 38.7 Å². The molecule has 1 aliphatic heterocycles. The van der Waals surface area contributed by atoms with E-state index in [-0.39, 0.29) is 22.9 Å². The monoisotopic (exact) mass is 557 g/mol. The highest BCUT2D eigenvalue weighted by Gasteiger charge is 2.39. The van der Waals surface area contributed by atoms with Gasteiger partial charge in [-0.15, -0.1) is 0 Å². The molecule has 0 bridgehead atoms. The lowest BCUT2D eigenvalue weighted by Crippen LogP contribution is -2.45. The van der Waals surface area contributed by atoms with Crippen LogP contribution in [0.4, 0.5) is 19.4 Å². The maximum absolute atomic E-state index is 14.1. The minimum Gasteiger partial charge on any atom is -0.383 e. The summed E-state index contributed by atoms with van der Waals surface area (Å²) in [5.74, 6) is -1.76. The van der Waals surface area contributed by atoms with E-state index in [0.29, 0.717) is 55.4 Å². The normalized spacial score (nSPS) is 21.5. The van der Waals surface area contributed by atoms with Gasteiger partial charge in [0.1, 0.15) is 10.7 Å². The summed E-state index contributed by atoms with van der Waals surface area (Å²) >= 11 is 6.77. The molecular formula is C27H30ClF2N7O2. The molecule has 3 heterocycles. The molecule has 2 N–H and O–H groups in total. The van der Waals surface area contributed by atoms with Crippen molar-refractivity contribution in [3.05, 3.63) is 71.6 Å². The van der Waals surface area contributed by atoms with Crippen molar-refractivity contribution >= 4 is 23.4 Å². The van der Waals surface area contributed by atoms with E-state index in [9.17, 15) is 13.6 Å². The number of hydrogen-bond donors (Lipinski definition) is 2. The minimum absolute atomic E-state index is 0.122. The van der Waals surface area contributed by atoms with Gasteiger partial charge in [-0.3, -0.25) is 14.9 Å². The SMILES string of the molecule is COCCN1C[C@@H](NC(=O)Nc2c(Cl)c(-c3cnn(C)c3)nn2-c2ccccc2)[C@H](C2C=C(F)C(F)=CC2)C1. The number of nitrogens with zero attached hydrogens (tertiary/aromatic N) is 5. The fraction of sp³-hybridized carbons (Fsp3) is 0.370. The number of allylic oxidation sites excluding steroid dienone is 4. The number of amides is 2. The summed E-state index contributed by atoms with van der Waals surface area (Å²) in [6.07, 6.45) is 6.41. The molecule has 3 atom stereocenters. The number of halogens is 3. The van der Waals surface area contributed by atoms with Crippen molar-refractivity contribution < 1.29 is 18.3 Å². The van der Waals surface area contributed by atoms with Gasteiger partial charge in [-0.05, 0) is 42.5 Å². The molecule has 2 amide bonds. The van der Waals surface area contributed by atoms with Crippen LogP contribution < -0.4 is 10.6 Å². The third-order valence-corrected chi connectivity index (χ3v) is 7.47. The number of urea groups is 1. The van der Waals surface area contributed by atoms with Crippen LogP contribution in [0.5, 0.6) is 0 Å². The highest BCUT2D eigenvalue weighted by Crippen LogP contribution is 2.36. The van der Waals surface area contributed by atoms with Gasteiger partial charge in [0.05, 0.1) is 18.5 Å². The van der Waals surface area contributed by atoms with Crippen LogP contribution in [-0.2, 0) is 11.8 Å². The second-order valence-electron chi connectivity index (χ2n) is 9.75. The number of carbonyl (C=O) groups is 1. The molecule has 206 valence electrons. The van der Waals surface area contributed by atoms with E-state index >= 15 is 0 Å². The first kappa shape index (κ1) is 27.0. The molecule has 0 spiro atoms. The molecule has 0 saturated carbocycles. The van der Waals surface area contributed by atoms with Crippen LogP contribution in [0.2, 0.25) is 5.02 Å². The van der Waals surface area contributed by atoms with Crippen molar-refractivity contribution in [1.29, 1.82) is 0 Å². The van der Waals surface area contributed by atoms with Crippen LogP contribution in [0, 0.1) is 11.8 Å². The summed E-state index contributed by atoms with van der Waals surface area (Å²) in [6, 6.07) is 8.55. The second kappa shape index (κ2) is 11.7. The molecule has 12 heteroatoms. The number of para-hydroxylation sites is 1. The summed E-state index contributed by atoms with van der Waals surface area (Å²) < 4.78 is 36.2. The zero-order chi connectivity index (χ0) is 27.5. The van der Waals surface area contributed by atoms with E-state index in [0.717, 1.165) is 0 Å². The number of anilines is 1. The van der Waals surface area contributed by atoms with Gasteiger partial charge in [0.25, 0.3) is 0 Å². The number of ether oxygens (including phenoxy) is 1. The summed E-state index contributed by atoms with van der Waals surface area (Å²) in [5, 5.41) is 15.1. The molecule has 1 saturated heterocycles. The lowest BCUT2D eigenvalue weighted by Gasteiger charge is -2.27.